The highest BCUT2D eigenvalue weighted by molar-refractivity contribution is 5.92. The number of benzene rings is 2. The first-order valence-electron chi connectivity index (χ1n) is 6.06. The Bertz CT molecular complexity index is 561. The third-order valence-corrected chi connectivity index (χ3v) is 2.79. The molecule has 0 aliphatic carbocycles. The van der Waals surface area contributed by atoms with Gasteiger partial charge in [-0.25, -0.2) is 4.79 Å². The van der Waals surface area contributed by atoms with Gasteiger partial charge in [0.05, 0.1) is 7.11 Å². The summed E-state index contributed by atoms with van der Waals surface area (Å²) in [4.78, 5) is 12.0. The fraction of sp³-hybridized carbons (Fsp3) is 0.188. The fourth-order valence-corrected chi connectivity index (χ4v) is 1.78. The van der Waals surface area contributed by atoms with Crippen molar-refractivity contribution < 1.29 is 14.3 Å². The van der Waals surface area contributed by atoms with Crippen molar-refractivity contribution in [1.82, 2.24) is 0 Å². The molecule has 0 bridgehead atoms. The largest absolute Gasteiger partial charge is 0.496 e. The van der Waals surface area contributed by atoms with Crippen molar-refractivity contribution in [3.8, 4) is 5.75 Å². The molecule has 0 unspecified atom stereocenters. The third kappa shape index (κ3) is 3.35. The molecule has 0 amide bonds. The zero-order chi connectivity index (χ0) is 13.7. The van der Waals surface area contributed by atoms with Crippen molar-refractivity contribution in [2.75, 3.05) is 7.11 Å². The number of carbonyl (C=O) groups is 1. The minimum absolute atomic E-state index is 0.261. The zero-order valence-electron chi connectivity index (χ0n) is 11.1. The van der Waals surface area contributed by atoms with Crippen LogP contribution in [-0.4, -0.2) is 13.1 Å². The molecule has 2 aromatic carbocycles. The Morgan fingerprint density at radius 2 is 1.84 bits per heavy atom. The summed E-state index contributed by atoms with van der Waals surface area (Å²) in [6.45, 7) is 2.18. The van der Waals surface area contributed by atoms with Crippen molar-refractivity contribution in [3.05, 3.63) is 65.2 Å². The van der Waals surface area contributed by atoms with Gasteiger partial charge in [-0.1, -0.05) is 42.0 Å². The van der Waals surface area contributed by atoms with Crippen molar-refractivity contribution in [1.29, 1.82) is 0 Å². The zero-order valence-corrected chi connectivity index (χ0v) is 11.1. The van der Waals surface area contributed by atoms with Gasteiger partial charge >= 0.3 is 5.97 Å². The second-order valence-corrected chi connectivity index (χ2v) is 4.27. The Kier molecular flexibility index (Phi) is 4.18. The molecule has 2 rings (SSSR count). The minimum atomic E-state index is -0.371. The Labute approximate surface area is 112 Å². The maximum atomic E-state index is 12.0. The highest BCUT2D eigenvalue weighted by Gasteiger charge is 2.13. The lowest BCUT2D eigenvalue weighted by molar-refractivity contribution is 0.0469. The van der Waals surface area contributed by atoms with Crippen LogP contribution in [0.15, 0.2) is 48.5 Å². The van der Waals surface area contributed by atoms with Crippen LogP contribution in [-0.2, 0) is 11.3 Å². The molecule has 0 heterocycles. The summed E-state index contributed by atoms with van der Waals surface area (Å²) in [6.07, 6.45) is 0. The van der Waals surface area contributed by atoms with E-state index >= 15 is 0 Å². The number of methoxy groups -OCH3 is 1. The monoisotopic (exact) mass is 256 g/mol. The van der Waals surface area contributed by atoms with E-state index in [9.17, 15) is 4.79 Å². The number of aryl methyl sites for hydroxylation is 1. The molecule has 98 valence electrons. The van der Waals surface area contributed by atoms with Crippen LogP contribution in [0.5, 0.6) is 5.75 Å². The van der Waals surface area contributed by atoms with E-state index in [1.54, 1.807) is 19.2 Å². The molecule has 19 heavy (non-hydrogen) atoms. The summed E-state index contributed by atoms with van der Waals surface area (Å²) in [5.41, 5.74) is 2.41. The molecule has 0 fully saturated rings. The van der Waals surface area contributed by atoms with Crippen LogP contribution in [0.25, 0.3) is 0 Å². The van der Waals surface area contributed by atoms with Gasteiger partial charge in [0.2, 0.25) is 0 Å². The van der Waals surface area contributed by atoms with Crippen molar-refractivity contribution >= 4 is 5.97 Å². The van der Waals surface area contributed by atoms with E-state index < -0.39 is 0 Å². The lowest BCUT2D eigenvalue weighted by atomic mass is 10.1. The number of hydrogen-bond donors (Lipinski definition) is 0. The van der Waals surface area contributed by atoms with E-state index in [4.69, 9.17) is 9.47 Å². The van der Waals surface area contributed by atoms with Gasteiger partial charge in [-0.3, -0.25) is 0 Å². The molecule has 2 aromatic rings. The van der Waals surface area contributed by atoms with Crippen molar-refractivity contribution in [3.63, 3.8) is 0 Å². The van der Waals surface area contributed by atoms with Crippen LogP contribution in [0, 0.1) is 6.92 Å². The Morgan fingerprint density at radius 3 is 2.53 bits per heavy atom. The first-order chi connectivity index (χ1) is 9.20. The molecule has 3 heteroatoms. The summed E-state index contributed by atoms with van der Waals surface area (Å²) in [5, 5.41) is 0. The number of hydrogen-bond acceptors (Lipinski definition) is 3. The van der Waals surface area contributed by atoms with Gasteiger partial charge < -0.3 is 9.47 Å². The molecule has 0 aliphatic heterocycles. The SMILES string of the molecule is COc1ccc(C)cc1C(=O)OCc1ccccc1. The first-order valence-corrected chi connectivity index (χ1v) is 6.06. The van der Waals surface area contributed by atoms with Gasteiger partial charge in [-0.15, -0.1) is 0 Å². The highest BCUT2D eigenvalue weighted by atomic mass is 16.5. The Balaban J connectivity index is 2.10. The third-order valence-electron chi connectivity index (χ3n) is 2.79. The van der Waals surface area contributed by atoms with Crippen LogP contribution in [0.1, 0.15) is 21.5 Å². The number of carbonyl (C=O) groups excluding carboxylic acids is 1. The van der Waals surface area contributed by atoms with Gasteiger partial charge in [0.15, 0.2) is 0 Å². The summed E-state index contributed by atoms with van der Waals surface area (Å²) in [7, 11) is 1.54. The number of ether oxygens (including phenoxy) is 2. The number of esters is 1. The number of rotatable bonds is 4. The predicted octanol–water partition coefficient (Wildman–Crippen LogP) is 3.36. The molecular formula is C16H16O3. The maximum absolute atomic E-state index is 12.0. The predicted molar refractivity (Wildman–Crippen MR) is 73.3 cm³/mol. The lowest BCUT2D eigenvalue weighted by Crippen LogP contribution is -2.07. The quantitative estimate of drug-likeness (QED) is 0.787. The first kappa shape index (κ1) is 13.1. The Morgan fingerprint density at radius 1 is 1.11 bits per heavy atom. The highest BCUT2D eigenvalue weighted by Crippen LogP contribution is 2.21. The molecule has 0 saturated heterocycles. The van der Waals surface area contributed by atoms with E-state index in [0.717, 1.165) is 11.1 Å². The lowest BCUT2D eigenvalue weighted by Gasteiger charge is -2.09. The van der Waals surface area contributed by atoms with Crippen LogP contribution in [0.4, 0.5) is 0 Å². The second kappa shape index (κ2) is 6.05. The normalized spacial score (nSPS) is 10.0. The summed E-state index contributed by atoms with van der Waals surface area (Å²) < 4.78 is 10.5. The molecule has 3 nitrogen and oxygen atoms in total. The standard InChI is InChI=1S/C16H16O3/c1-12-8-9-15(18-2)14(10-12)16(17)19-11-13-6-4-3-5-7-13/h3-10H,11H2,1-2H3. The molecule has 0 aliphatic rings. The van der Waals surface area contributed by atoms with Crippen molar-refractivity contribution in [2.45, 2.75) is 13.5 Å². The average molecular weight is 256 g/mol. The van der Waals surface area contributed by atoms with Crippen LogP contribution < -0.4 is 4.74 Å². The molecule has 0 radical (unpaired) electrons. The second-order valence-electron chi connectivity index (χ2n) is 4.27. The molecule has 0 spiro atoms. The van der Waals surface area contributed by atoms with Gasteiger partial charge in [0.1, 0.15) is 17.9 Å². The van der Waals surface area contributed by atoms with Gasteiger partial charge in [-0.2, -0.15) is 0 Å². The van der Waals surface area contributed by atoms with Crippen molar-refractivity contribution in [2.24, 2.45) is 0 Å². The Hall–Kier alpha value is -2.29. The minimum Gasteiger partial charge on any atom is -0.496 e. The molecule has 0 N–H and O–H groups in total. The smallest absolute Gasteiger partial charge is 0.342 e. The summed E-state index contributed by atoms with van der Waals surface area (Å²) in [6, 6.07) is 15.0. The molecule has 0 atom stereocenters. The average Bonchev–Trinajstić information content (AvgIpc) is 2.46. The maximum Gasteiger partial charge on any atom is 0.342 e. The topological polar surface area (TPSA) is 35.5 Å². The fourth-order valence-electron chi connectivity index (χ4n) is 1.78. The molecule has 0 saturated carbocycles. The summed E-state index contributed by atoms with van der Waals surface area (Å²) >= 11 is 0. The van der Waals surface area contributed by atoms with E-state index in [0.29, 0.717) is 11.3 Å². The molecule has 0 aromatic heterocycles. The van der Waals surface area contributed by atoms with Crippen LogP contribution in [0.2, 0.25) is 0 Å². The van der Waals surface area contributed by atoms with E-state index in [1.807, 2.05) is 43.3 Å². The van der Waals surface area contributed by atoms with Crippen LogP contribution in [0.3, 0.4) is 0 Å². The van der Waals surface area contributed by atoms with Gasteiger partial charge in [0, 0.05) is 0 Å². The van der Waals surface area contributed by atoms with E-state index in [2.05, 4.69) is 0 Å². The molecular weight excluding hydrogens is 240 g/mol. The van der Waals surface area contributed by atoms with Crippen LogP contribution >= 0.6 is 0 Å². The summed E-state index contributed by atoms with van der Waals surface area (Å²) in [5.74, 6) is 0.160. The van der Waals surface area contributed by atoms with E-state index in [-0.39, 0.29) is 12.6 Å². The van der Waals surface area contributed by atoms with Gasteiger partial charge in [-0.05, 0) is 24.6 Å². The van der Waals surface area contributed by atoms with E-state index in [1.165, 1.54) is 0 Å². The van der Waals surface area contributed by atoms with Gasteiger partial charge in [0.25, 0.3) is 0 Å².